The van der Waals surface area contributed by atoms with Crippen molar-refractivity contribution in [1.29, 1.82) is 0 Å². The van der Waals surface area contributed by atoms with Gasteiger partial charge in [-0.3, -0.25) is 0 Å². The average molecular weight is 300 g/mol. The number of rotatable bonds is 4. The third kappa shape index (κ3) is 3.14. The van der Waals surface area contributed by atoms with Crippen LogP contribution in [0.2, 0.25) is 0 Å². The van der Waals surface area contributed by atoms with Crippen molar-refractivity contribution >= 4 is 5.97 Å². The summed E-state index contributed by atoms with van der Waals surface area (Å²) >= 11 is 0. The SMILES string of the molecule is O=C(O)c1ccccc1O[C@@H]1[C@@H](O)[C@H](O)[C@@H](CO)O[C@H]1O. The number of aromatic carboxylic acids is 1. The topological polar surface area (TPSA) is 137 Å². The number of aliphatic hydroxyl groups excluding tert-OH is 4. The number of carboxylic acid groups (broad SMARTS) is 1. The maximum atomic E-state index is 11.1. The third-order valence-corrected chi connectivity index (χ3v) is 3.22. The molecule has 8 nitrogen and oxygen atoms in total. The molecule has 1 aliphatic rings. The van der Waals surface area contributed by atoms with E-state index in [9.17, 15) is 20.1 Å². The Morgan fingerprint density at radius 2 is 1.86 bits per heavy atom. The molecule has 116 valence electrons. The van der Waals surface area contributed by atoms with Gasteiger partial charge in [-0.25, -0.2) is 4.79 Å². The molecule has 0 amide bonds. The number of para-hydroxylation sites is 1. The standard InChI is InChI=1S/C13H16O8/c14-5-8-9(15)10(16)11(13(19)21-8)20-7-4-2-1-3-6(7)12(17)18/h1-4,8-11,13-16,19H,5H2,(H,17,18)/t8-,9-,10+,11-,13-/m1/s1. The maximum Gasteiger partial charge on any atom is 0.339 e. The molecule has 0 bridgehead atoms. The van der Waals surface area contributed by atoms with Crippen LogP contribution in [0.1, 0.15) is 10.4 Å². The lowest BCUT2D eigenvalue weighted by Crippen LogP contribution is -2.60. The van der Waals surface area contributed by atoms with E-state index >= 15 is 0 Å². The minimum atomic E-state index is -1.62. The first-order valence-corrected chi connectivity index (χ1v) is 6.25. The summed E-state index contributed by atoms with van der Waals surface area (Å²) < 4.78 is 10.2. The average Bonchev–Trinajstić information content (AvgIpc) is 2.47. The van der Waals surface area contributed by atoms with Gasteiger partial charge in [0.15, 0.2) is 12.4 Å². The zero-order valence-electron chi connectivity index (χ0n) is 10.9. The van der Waals surface area contributed by atoms with Gasteiger partial charge in [0.25, 0.3) is 0 Å². The molecule has 21 heavy (non-hydrogen) atoms. The molecule has 0 aliphatic carbocycles. The molecule has 1 aromatic rings. The summed E-state index contributed by atoms with van der Waals surface area (Å²) in [4.78, 5) is 11.1. The van der Waals surface area contributed by atoms with Crippen molar-refractivity contribution in [1.82, 2.24) is 0 Å². The summed E-state index contributed by atoms with van der Waals surface area (Å²) in [7, 11) is 0. The van der Waals surface area contributed by atoms with Gasteiger partial charge in [0.05, 0.1) is 6.61 Å². The smallest absolute Gasteiger partial charge is 0.339 e. The summed E-state index contributed by atoms with van der Waals surface area (Å²) in [5.74, 6) is -1.31. The molecule has 0 saturated carbocycles. The van der Waals surface area contributed by atoms with E-state index in [4.69, 9.17) is 19.7 Å². The molecule has 0 unspecified atom stereocenters. The van der Waals surface area contributed by atoms with E-state index in [0.29, 0.717) is 0 Å². The molecule has 0 radical (unpaired) electrons. The Balaban J connectivity index is 2.21. The van der Waals surface area contributed by atoms with E-state index in [0.717, 1.165) is 0 Å². The predicted molar refractivity (Wildman–Crippen MR) is 67.8 cm³/mol. The van der Waals surface area contributed by atoms with E-state index < -0.39 is 43.3 Å². The molecule has 8 heteroatoms. The maximum absolute atomic E-state index is 11.1. The monoisotopic (exact) mass is 300 g/mol. The molecular formula is C13H16O8. The molecule has 1 fully saturated rings. The normalized spacial score (nSPS) is 32.7. The molecule has 0 aromatic heterocycles. The van der Waals surface area contributed by atoms with Gasteiger partial charge < -0.3 is 35.0 Å². The van der Waals surface area contributed by atoms with Crippen molar-refractivity contribution in [3.63, 3.8) is 0 Å². The van der Waals surface area contributed by atoms with E-state index in [1.165, 1.54) is 24.3 Å². The van der Waals surface area contributed by atoms with Crippen LogP contribution in [0.25, 0.3) is 0 Å². The van der Waals surface area contributed by atoms with Crippen molar-refractivity contribution in [2.45, 2.75) is 30.7 Å². The highest BCUT2D eigenvalue weighted by Gasteiger charge is 2.45. The van der Waals surface area contributed by atoms with Crippen molar-refractivity contribution < 1.29 is 39.8 Å². The lowest BCUT2D eigenvalue weighted by atomic mass is 9.99. The Kier molecular flexibility index (Phi) is 4.76. The summed E-state index contributed by atoms with van der Waals surface area (Å²) in [6.07, 6.45) is -7.18. The van der Waals surface area contributed by atoms with E-state index in [-0.39, 0.29) is 11.3 Å². The number of aliphatic hydroxyl groups is 4. The van der Waals surface area contributed by atoms with Gasteiger partial charge in [-0.05, 0) is 12.1 Å². The first kappa shape index (κ1) is 15.7. The molecule has 0 spiro atoms. The summed E-state index contributed by atoms with van der Waals surface area (Å²) in [5.41, 5.74) is -0.157. The van der Waals surface area contributed by atoms with Crippen molar-refractivity contribution in [2.75, 3.05) is 6.61 Å². The number of ether oxygens (including phenoxy) is 2. The number of hydrogen-bond acceptors (Lipinski definition) is 7. The van der Waals surface area contributed by atoms with Crippen LogP contribution in [0.3, 0.4) is 0 Å². The van der Waals surface area contributed by atoms with Crippen LogP contribution in [0, 0.1) is 0 Å². The fourth-order valence-corrected chi connectivity index (χ4v) is 2.09. The molecule has 1 heterocycles. The summed E-state index contributed by atoms with van der Waals surface area (Å²) in [6, 6.07) is 5.68. The number of hydrogen-bond donors (Lipinski definition) is 5. The fraction of sp³-hybridized carbons (Fsp3) is 0.462. The quantitative estimate of drug-likeness (QED) is 0.456. The minimum absolute atomic E-state index is 0.0775. The number of carbonyl (C=O) groups is 1. The highest BCUT2D eigenvalue weighted by molar-refractivity contribution is 5.90. The zero-order chi connectivity index (χ0) is 15.6. The third-order valence-electron chi connectivity index (χ3n) is 3.22. The number of carboxylic acids is 1. The van der Waals surface area contributed by atoms with Gasteiger partial charge >= 0.3 is 5.97 Å². The highest BCUT2D eigenvalue weighted by Crippen LogP contribution is 2.26. The Labute approximate surface area is 119 Å². The van der Waals surface area contributed by atoms with Gasteiger partial charge in [0.2, 0.25) is 0 Å². The van der Waals surface area contributed by atoms with Crippen LogP contribution in [0.5, 0.6) is 5.75 Å². The van der Waals surface area contributed by atoms with Gasteiger partial charge in [-0.15, -0.1) is 0 Å². The molecular weight excluding hydrogens is 284 g/mol. The van der Waals surface area contributed by atoms with Gasteiger partial charge in [-0.1, -0.05) is 12.1 Å². The van der Waals surface area contributed by atoms with Gasteiger partial charge in [0.1, 0.15) is 29.6 Å². The Morgan fingerprint density at radius 1 is 1.19 bits per heavy atom. The van der Waals surface area contributed by atoms with E-state index in [1.807, 2.05) is 0 Å². The summed E-state index contributed by atoms with van der Waals surface area (Å²) in [5, 5.41) is 47.4. The van der Waals surface area contributed by atoms with Crippen LogP contribution in [0.15, 0.2) is 24.3 Å². The van der Waals surface area contributed by atoms with Crippen LogP contribution >= 0.6 is 0 Å². The molecule has 1 aromatic carbocycles. The minimum Gasteiger partial charge on any atom is -0.481 e. The number of benzene rings is 1. The first-order chi connectivity index (χ1) is 9.95. The second kappa shape index (κ2) is 6.37. The van der Waals surface area contributed by atoms with Crippen LogP contribution < -0.4 is 4.74 Å². The largest absolute Gasteiger partial charge is 0.481 e. The van der Waals surface area contributed by atoms with Gasteiger partial charge in [0, 0.05) is 0 Å². The predicted octanol–water partition coefficient (Wildman–Crippen LogP) is -1.44. The van der Waals surface area contributed by atoms with Crippen molar-refractivity contribution in [3.05, 3.63) is 29.8 Å². The molecule has 5 N–H and O–H groups in total. The second-order valence-electron chi connectivity index (χ2n) is 4.61. The van der Waals surface area contributed by atoms with Crippen LogP contribution in [-0.4, -0.2) is 68.8 Å². The zero-order valence-corrected chi connectivity index (χ0v) is 10.9. The van der Waals surface area contributed by atoms with Crippen LogP contribution in [0.4, 0.5) is 0 Å². The Hall–Kier alpha value is -1.71. The van der Waals surface area contributed by atoms with E-state index in [1.54, 1.807) is 0 Å². The lowest BCUT2D eigenvalue weighted by molar-refractivity contribution is -0.280. The van der Waals surface area contributed by atoms with Crippen LogP contribution in [-0.2, 0) is 4.74 Å². The molecule has 5 atom stereocenters. The second-order valence-corrected chi connectivity index (χ2v) is 4.61. The fourth-order valence-electron chi connectivity index (χ4n) is 2.09. The lowest BCUT2D eigenvalue weighted by Gasteiger charge is -2.39. The Bertz CT molecular complexity index is 505. The molecule has 1 saturated heterocycles. The van der Waals surface area contributed by atoms with Crippen molar-refractivity contribution in [3.8, 4) is 5.75 Å². The van der Waals surface area contributed by atoms with E-state index in [2.05, 4.69) is 0 Å². The summed E-state index contributed by atoms with van der Waals surface area (Å²) in [6.45, 7) is -0.590. The van der Waals surface area contributed by atoms with Crippen molar-refractivity contribution in [2.24, 2.45) is 0 Å². The highest BCUT2D eigenvalue weighted by atomic mass is 16.7. The van der Waals surface area contributed by atoms with Gasteiger partial charge in [-0.2, -0.15) is 0 Å². The molecule has 1 aliphatic heterocycles. The molecule has 2 rings (SSSR count). The first-order valence-electron chi connectivity index (χ1n) is 6.25. The Morgan fingerprint density at radius 3 is 2.48 bits per heavy atom.